The Morgan fingerprint density at radius 3 is 2.67 bits per heavy atom. The quantitative estimate of drug-likeness (QED) is 0.653. The molecule has 0 spiro atoms. The van der Waals surface area contributed by atoms with Crippen LogP contribution in [0.2, 0.25) is 0 Å². The van der Waals surface area contributed by atoms with E-state index in [1.807, 2.05) is 0 Å². The molecule has 7 nitrogen and oxygen atoms in total. The Morgan fingerprint density at radius 1 is 1.28 bits per heavy atom. The molecular formula is C11H8N4O3. The standard InChI is InChI=1S/C11H8N4O3/c16-11(14-8-2-1-5-12-6-8)10-4-3-9(7-13-10)15(17)18/h1-7H,(H,14,16). The molecule has 0 saturated carbocycles. The number of nitrogens with zero attached hydrogens (tertiary/aromatic N) is 3. The van der Waals surface area contributed by atoms with Gasteiger partial charge in [0, 0.05) is 12.3 Å². The van der Waals surface area contributed by atoms with E-state index in [0.29, 0.717) is 5.69 Å². The van der Waals surface area contributed by atoms with E-state index in [9.17, 15) is 14.9 Å². The Balaban J connectivity index is 2.12. The fourth-order valence-corrected chi connectivity index (χ4v) is 1.26. The highest BCUT2D eigenvalue weighted by atomic mass is 16.6. The second-order valence-electron chi connectivity index (χ2n) is 3.35. The second kappa shape index (κ2) is 5.00. The Hall–Kier alpha value is -2.83. The van der Waals surface area contributed by atoms with Crippen molar-refractivity contribution in [2.24, 2.45) is 0 Å². The van der Waals surface area contributed by atoms with Crippen LogP contribution in [-0.2, 0) is 0 Å². The van der Waals surface area contributed by atoms with Gasteiger partial charge in [0.1, 0.15) is 11.9 Å². The number of pyridine rings is 2. The zero-order chi connectivity index (χ0) is 13.0. The zero-order valence-corrected chi connectivity index (χ0v) is 9.11. The number of nitrogens with one attached hydrogen (secondary N) is 1. The summed E-state index contributed by atoms with van der Waals surface area (Å²) in [4.78, 5) is 29.1. The van der Waals surface area contributed by atoms with Gasteiger partial charge in [-0.1, -0.05) is 0 Å². The first-order chi connectivity index (χ1) is 8.66. The van der Waals surface area contributed by atoms with Crippen molar-refractivity contribution in [3.8, 4) is 0 Å². The molecule has 0 aliphatic rings. The monoisotopic (exact) mass is 244 g/mol. The van der Waals surface area contributed by atoms with Crippen LogP contribution in [0.5, 0.6) is 0 Å². The van der Waals surface area contributed by atoms with Crippen LogP contribution in [0.4, 0.5) is 11.4 Å². The lowest BCUT2D eigenvalue weighted by Crippen LogP contribution is -2.13. The third-order valence-corrected chi connectivity index (χ3v) is 2.11. The van der Waals surface area contributed by atoms with Crippen LogP contribution in [0.15, 0.2) is 42.9 Å². The highest BCUT2D eigenvalue weighted by molar-refractivity contribution is 6.02. The number of aromatic nitrogens is 2. The minimum absolute atomic E-state index is 0.101. The van der Waals surface area contributed by atoms with Gasteiger partial charge in [-0.15, -0.1) is 0 Å². The van der Waals surface area contributed by atoms with Crippen molar-refractivity contribution < 1.29 is 9.72 Å². The van der Waals surface area contributed by atoms with Gasteiger partial charge in [-0.05, 0) is 18.2 Å². The van der Waals surface area contributed by atoms with Gasteiger partial charge in [0.25, 0.3) is 11.6 Å². The van der Waals surface area contributed by atoms with E-state index >= 15 is 0 Å². The molecule has 0 aromatic carbocycles. The molecule has 1 amide bonds. The van der Waals surface area contributed by atoms with Gasteiger partial charge in [-0.2, -0.15) is 0 Å². The number of carbonyl (C=O) groups is 1. The predicted molar refractivity (Wildman–Crippen MR) is 63.1 cm³/mol. The lowest BCUT2D eigenvalue weighted by atomic mass is 10.3. The van der Waals surface area contributed by atoms with Gasteiger partial charge < -0.3 is 5.32 Å². The molecule has 0 unspecified atom stereocenters. The smallest absolute Gasteiger partial charge is 0.287 e. The van der Waals surface area contributed by atoms with E-state index < -0.39 is 10.8 Å². The molecule has 2 rings (SSSR count). The van der Waals surface area contributed by atoms with Crippen molar-refractivity contribution in [1.82, 2.24) is 9.97 Å². The van der Waals surface area contributed by atoms with Gasteiger partial charge in [-0.3, -0.25) is 19.9 Å². The average molecular weight is 244 g/mol. The van der Waals surface area contributed by atoms with Gasteiger partial charge in [-0.25, -0.2) is 4.98 Å². The minimum Gasteiger partial charge on any atom is -0.319 e. The highest BCUT2D eigenvalue weighted by Crippen LogP contribution is 2.10. The topological polar surface area (TPSA) is 98.0 Å². The van der Waals surface area contributed by atoms with Crippen LogP contribution in [0.3, 0.4) is 0 Å². The molecule has 0 fully saturated rings. The molecule has 2 aromatic heterocycles. The molecule has 1 N–H and O–H groups in total. The lowest BCUT2D eigenvalue weighted by molar-refractivity contribution is -0.385. The van der Waals surface area contributed by atoms with Crippen molar-refractivity contribution in [3.05, 3.63) is 58.7 Å². The summed E-state index contributed by atoms with van der Waals surface area (Å²) >= 11 is 0. The van der Waals surface area contributed by atoms with E-state index in [2.05, 4.69) is 15.3 Å². The molecule has 0 bridgehead atoms. The summed E-state index contributed by atoms with van der Waals surface area (Å²) in [7, 11) is 0. The van der Waals surface area contributed by atoms with E-state index in [1.54, 1.807) is 18.3 Å². The van der Waals surface area contributed by atoms with Crippen molar-refractivity contribution in [2.75, 3.05) is 5.32 Å². The van der Waals surface area contributed by atoms with Gasteiger partial charge >= 0.3 is 0 Å². The normalized spacial score (nSPS) is 9.78. The SMILES string of the molecule is O=C(Nc1cccnc1)c1ccc([N+](=O)[O-])cn1. The minimum atomic E-state index is -0.574. The summed E-state index contributed by atoms with van der Waals surface area (Å²) < 4.78 is 0. The van der Waals surface area contributed by atoms with Crippen LogP contribution < -0.4 is 5.32 Å². The first kappa shape index (κ1) is 11.6. The van der Waals surface area contributed by atoms with Crippen molar-refractivity contribution in [1.29, 1.82) is 0 Å². The van der Waals surface area contributed by atoms with Crippen LogP contribution in [-0.4, -0.2) is 20.8 Å². The van der Waals surface area contributed by atoms with E-state index in [-0.39, 0.29) is 11.4 Å². The Kier molecular flexibility index (Phi) is 3.24. The molecule has 90 valence electrons. The first-order valence-corrected chi connectivity index (χ1v) is 4.98. The molecule has 0 aliphatic heterocycles. The Labute approximate surface area is 102 Å². The fourth-order valence-electron chi connectivity index (χ4n) is 1.26. The maximum atomic E-state index is 11.7. The third kappa shape index (κ3) is 2.64. The first-order valence-electron chi connectivity index (χ1n) is 4.98. The summed E-state index contributed by atoms with van der Waals surface area (Å²) in [6.45, 7) is 0. The number of hydrogen-bond acceptors (Lipinski definition) is 5. The lowest BCUT2D eigenvalue weighted by Gasteiger charge is -2.03. The largest absolute Gasteiger partial charge is 0.319 e. The number of hydrogen-bond donors (Lipinski definition) is 1. The van der Waals surface area contributed by atoms with Crippen LogP contribution in [0.1, 0.15) is 10.5 Å². The van der Waals surface area contributed by atoms with Gasteiger partial charge in [0.15, 0.2) is 0 Å². The molecular weight excluding hydrogens is 236 g/mol. The maximum Gasteiger partial charge on any atom is 0.287 e. The van der Waals surface area contributed by atoms with Gasteiger partial charge in [0.2, 0.25) is 0 Å². The number of anilines is 1. The van der Waals surface area contributed by atoms with Crippen LogP contribution in [0.25, 0.3) is 0 Å². The van der Waals surface area contributed by atoms with Crippen molar-refractivity contribution >= 4 is 17.3 Å². The van der Waals surface area contributed by atoms with E-state index in [4.69, 9.17) is 0 Å². The maximum absolute atomic E-state index is 11.7. The fraction of sp³-hybridized carbons (Fsp3) is 0. The molecule has 2 heterocycles. The van der Waals surface area contributed by atoms with E-state index in [0.717, 1.165) is 6.20 Å². The highest BCUT2D eigenvalue weighted by Gasteiger charge is 2.10. The summed E-state index contributed by atoms with van der Waals surface area (Å²) in [6, 6.07) is 5.88. The molecule has 2 aromatic rings. The zero-order valence-electron chi connectivity index (χ0n) is 9.11. The third-order valence-electron chi connectivity index (χ3n) is 2.11. The number of nitro groups is 1. The van der Waals surface area contributed by atoms with Gasteiger partial charge in [0.05, 0.1) is 16.8 Å². The second-order valence-corrected chi connectivity index (χ2v) is 3.35. The molecule has 0 radical (unpaired) electrons. The van der Waals surface area contributed by atoms with Crippen molar-refractivity contribution in [2.45, 2.75) is 0 Å². The van der Waals surface area contributed by atoms with Crippen LogP contribution in [0, 0.1) is 10.1 Å². The summed E-state index contributed by atoms with van der Waals surface area (Å²) in [5.74, 6) is -0.446. The molecule has 0 saturated heterocycles. The predicted octanol–water partition coefficient (Wildman–Crippen LogP) is 1.64. The summed E-state index contributed by atoms with van der Waals surface area (Å²) in [6.07, 6.45) is 4.11. The summed E-state index contributed by atoms with van der Waals surface area (Å²) in [5, 5.41) is 13.0. The Morgan fingerprint density at radius 2 is 2.11 bits per heavy atom. The average Bonchev–Trinajstić information content (AvgIpc) is 2.40. The number of rotatable bonds is 3. The number of amides is 1. The van der Waals surface area contributed by atoms with E-state index in [1.165, 1.54) is 18.3 Å². The molecule has 0 aliphatic carbocycles. The number of carbonyl (C=O) groups excluding carboxylic acids is 1. The Bertz CT molecular complexity index is 569. The molecule has 0 atom stereocenters. The molecule has 7 heteroatoms. The van der Waals surface area contributed by atoms with Crippen molar-refractivity contribution in [3.63, 3.8) is 0 Å². The van der Waals surface area contributed by atoms with Crippen LogP contribution >= 0.6 is 0 Å². The summed E-state index contributed by atoms with van der Waals surface area (Å²) in [5.41, 5.74) is 0.472. The molecule has 18 heavy (non-hydrogen) atoms.